The predicted octanol–water partition coefficient (Wildman–Crippen LogP) is 7.95. The van der Waals surface area contributed by atoms with Gasteiger partial charge in [-0.3, -0.25) is 14.4 Å². The van der Waals surface area contributed by atoms with Crippen LogP contribution in [0.15, 0.2) is 36.4 Å². The molecular weight excluding hydrogens is 593 g/mol. The van der Waals surface area contributed by atoms with Gasteiger partial charge in [0.2, 0.25) is 0 Å². The highest BCUT2D eigenvalue weighted by Crippen LogP contribution is 2.56. The van der Waals surface area contributed by atoms with Crippen molar-refractivity contribution < 1.29 is 41.1 Å². The third-order valence-corrected chi connectivity index (χ3v) is 9.06. The molecule has 1 N–H and O–H groups in total. The molecule has 2 aromatic rings. The highest BCUT2D eigenvalue weighted by atomic mass is 35.5. The molecule has 0 saturated heterocycles. The first-order valence-electron chi connectivity index (χ1n) is 14.4. The number of ketones is 2. The second-order valence-electron chi connectivity index (χ2n) is 12.2. The van der Waals surface area contributed by atoms with Crippen molar-refractivity contribution in [2.75, 3.05) is 6.61 Å². The van der Waals surface area contributed by atoms with E-state index in [4.69, 9.17) is 16.3 Å². The van der Waals surface area contributed by atoms with Gasteiger partial charge in [0.25, 0.3) is 12.3 Å². The first kappa shape index (κ1) is 32.9. The zero-order valence-corrected chi connectivity index (χ0v) is 24.8. The number of Topliss-reactive ketones (excluding diaryl/α,β-unsaturated/α-hetero) is 2. The topological polar surface area (TPSA) is 72.5 Å². The third kappa shape index (κ3) is 8.13. The number of amides is 1. The average molecular weight is 628 g/mol. The summed E-state index contributed by atoms with van der Waals surface area (Å²) >= 11 is 6.27. The van der Waals surface area contributed by atoms with Gasteiger partial charge in [-0.1, -0.05) is 23.7 Å². The van der Waals surface area contributed by atoms with Crippen molar-refractivity contribution in [2.45, 2.75) is 90.3 Å². The van der Waals surface area contributed by atoms with E-state index in [0.717, 1.165) is 39.5 Å². The van der Waals surface area contributed by atoms with Gasteiger partial charge in [-0.2, -0.15) is 13.2 Å². The van der Waals surface area contributed by atoms with Gasteiger partial charge in [-0.05, 0) is 99.6 Å². The number of nitrogens with one attached hydrogen (secondary N) is 1. The van der Waals surface area contributed by atoms with Gasteiger partial charge in [0, 0.05) is 24.4 Å². The Kier molecular flexibility index (Phi) is 9.89. The van der Waals surface area contributed by atoms with E-state index in [1.54, 1.807) is 6.07 Å². The highest BCUT2D eigenvalue weighted by molar-refractivity contribution is 6.34. The molecule has 0 aliphatic heterocycles. The first-order chi connectivity index (χ1) is 20.1. The lowest BCUT2D eigenvalue weighted by Gasteiger charge is -2.29. The van der Waals surface area contributed by atoms with Crippen LogP contribution in [0.25, 0.3) is 0 Å². The van der Waals surface area contributed by atoms with Gasteiger partial charge in [0.1, 0.15) is 23.6 Å². The van der Waals surface area contributed by atoms with Crippen molar-refractivity contribution in [1.29, 1.82) is 0 Å². The molecular formula is C32H35ClF5NO4. The Labute approximate surface area is 252 Å². The fraction of sp³-hybridized carbons (Fsp3) is 0.531. The molecule has 2 aliphatic carbocycles. The van der Waals surface area contributed by atoms with Crippen LogP contribution in [-0.2, 0) is 17.6 Å². The van der Waals surface area contributed by atoms with Crippen LogP contribution < -0.4 is 10.1 Å². The monoisotopic (exact) mass is 627 g/mol. The number of hydrogen-bond donors (Lipinski definition) is 1. The molecule has 0 atom stereocenters. The fourth-order valence-corrected chi connectivity index (χ4v) is 5.63. The number of alkyl halides is 5. The van der Waals surface area contributed by atoms with Crippen molar-refractivity contribution in [3.8, 4) is 5.75 Å². The molecule has 2 aliphatic rings. The molecule has 2 fully saturated rings. The number of rotatable bonds is 12. The Morgan fingerprint density at radius 3 is 2.21 bits per heavy atom. The molecule has 11 heteroatoms. The Morgan fingerprint density at radius 1 is 0.977 bits per heavy atom. The van der Waals surface area contributed by atoms with Crippen LogP contribution in [0, 0.1) is 10.8 Å². The van der Waals surface area contributed by atoms with Crippen molar-refractivity contribution in [1.82, 2.24) is 5.32 Å². The first-order valence-corrected chi connectivity index (χ1v) is 14.7. The van der Waals surface area contributed by atoms with E-state index in [9.17, 15) is 36.3 Å². The summed E-state index contributed by atoms with van der Waals surface area (Å²) < 4.78 is 70.6. The number of benzene rings is 2. The third-order valence-electron chi connectivity index (χ3n) is 8.73. The van der Waals surface area contributed by atoms with Crippen LogP contribution in [-0.4, -0.2) is 42.7 Å². The Hall–Kier alpha value is -3.01. The van der Waals surface area contributed by atoms with E-state index in [2.05, 4.69) is 5.32 Å². The van der Waals surface area contributed by atoms with Crippen molar-refractivity contribution in [3.05, 3.63) is 63.7 Å². The largest absolute Gasteiger partial charge is 0.487 e. The van der Waals surface area contributed by atoms with Gasteiger partial charge < -0.3 is 10.1 Å². The van der Waals surface area contributed by atoms with Crippen LogP contribution in [0.4, 0.5) is 22.0 Å². The van der Waals surface area contributed by atoms with Crippen LogP contribution >= 0.6 is 11.6 Å². The summed E-state index contributed by atoms with van der Waals surface area (Å²) in [5, 5.41) is 3.11. The molecule has 0 bridgehead atoms. The Bertz CT molecular complexity index is 1360. The van der Waals surface area contributed by atoms with Crippen molar-refractivity contribution >= 4 is 29.1 Å². The molecule has 0 radical (unpaired) electrons. The number of aryl methyl sites for hydroxylation is 1. The summed E-state index contributed by atoms with van der Waals surface area (Å²) in [5.74, 6) is -1.89. The number of carbonyl (C=O) groups excluding carboxylic acids is 3. The molecule has 2 aromatic carbocycles. The maximum absolute atomic E-state index is 13.2. The van der Waals surface area contributed by atoms with Gasteiger partial charge in [-0.25, -0.2) is 8.78 Å². The lowest BCUT2D eigenvalue weighted by molar-refractivity contribution is -0.210. The summed E-state index contributed by atoms with van der Waals surface area (Å²) in [6.45, 7) is 0.779. The minimum atomic E-state index is -4.68. The van der Waals surface area contributed by atoms with Crippen molar-refractivity contribution in [3.63, 3.8) is 0 Å². The van der Waals surface area contributed by atoms with Gasteiger partial charge >= 0.3 is 6.18 Å². The van der Waals surface area contributed by atoms with Crippen LogP contribution in [0.2, 0.25) is 5.02 Å². The lowest BCUT2D eigenvalue weighted by Crippen LogP contribution is -2.39. The Morgan fingerprint density at radius 2 is 1.60 bits per heavy atom. The normalized spacial score (nSPS) is 16.8. The van der Waals surface area contributed by atoms with Crippen LogP contribution in [0.5, 0.6) is 5.75 Å². The van der Waals surface area contributed by atoms with E-state index in [1.165, 1.54) is 43.2 Å². The van der Waals surface area contributed by atoms with Crippen molar-refractivity contribution in [2.24, 2.45) is 10.8 Å². The number of hydrogen-bond acceptors (Lipinski definition) is 4. The van der Waals surface area contributed by atoms with E-state index in [1.807, 2.05) is 0 Å². The second kappa shape index (κ2) is 12.9. The molecule has 0 unspecified atom stereocenters. The van der Waals surface area contributed by atoms with Crippen LogP contribution in [0.3, 0.4) is 0 Å². The number of carbonyl (C=O) groups is 3. The maximum Gasteiger partial charge on any atom is 0.400 e. The second-order valence-corrected chi connectivity index (χ2v) is 12.6. The molecule has 1 spiro atoms. The minimum Gasteiger partial charge on any atom is -0.487 e. The summed E-state index contributed by atoms with van der Waals surface area (Å²) in [4.78, 5) is 38.8. The zero-order valence-electron chi connectivity index (χ0n) is 24.1. The van der Waals surface area contributed by atoms with E-state index in [-0.39, 0.29) is 47.2 Å². The van der Waals surface area contributed by atoms with Gasteiger partial charge in [0.05, 0.1) is 10.6 Å². The van der Waals surface area contributed by atoms with Crippen LogP contribution in [0.1, 0.15) is 90.6 Å². The quantitative estimate of drug-likeness (QED) is 0.191. The maximum atomic E-state index is 13.2. The zero-order chi connectivity index (χ0) is 31.6. The minimum absolute atomic E-state index is 0.0153. The highest BCUT2D eigenvalue weighted by Gasteiger charge is 2.52. The average Bonchev–Trinajstić information content (AvgIpc) is 3.70. The molecule has 0 aromatic heterocycles. The number of halogens is 6. The van der Waals surface area contributed by atoms with E-state index >= 15 is 0 Å². The molecule has 43 heavy (non-hydrogen) atoms. The summed E-state index contributed by atoms with van der Waals surface area (Å²) in [6.07, 6.45) is -1.81. The summed E-state index contributed by atoms with van der Waals surface area (Å²) in [5.41, 5.74) is -1.02. The SMILES string of the molecule is CC(C)(C(=O)CCc1ccc(Cl)c(C(=O)Cc2ccc(OCC(F)F)c(C(=O)NC3CCC4(CC3)CC4)c2)c1)C(F)(F)F. The number of ether oxygens (including phenoxy) is 1. The molecule has 234 valence electrons. The van der Waals surface area contributed by atoms with Gasteiger partial charge in [-0.15, -0.1) is 0 Å². The molecule has 4 rings (SSSR count). The molecule has 1 amide bonds. The summed E-state index contributed by atoms with van der Waals surface area (Å²) in [6, 6.07) is 8.72. The predicted molar refractivity (Wildman–Crippen MR) is 152 cm³/mol. The standard InChI is InChI=1S/C32H35ClF5NO4/c1-30(2,32(36,37)38)27(41)8-5-19-3-6-24(33)22(15-19)25(40)17-20-4-7-26(43-18-28(34)35)23(16-20)29(42)39-21-9-11-31(12-10-21)13-14-31/h3-4,6-7,15-16,21,28H,5,8-14,17-18H2,1-2H3,(H,39,42). The molecule has 2 saturated carbocycles. The Balaban J connectivity index is 1.47. The van der Waals surface area contributed by atoms with E-state index in [0.29, 0.717) is 16.5 Å². The molecule has 5 nitrogen and oxygen atoms in total. The lowest BCUT2D eigenvalue weighted by atomic mass is 9.83. The van der Waals surface area contributed by atoms with Gasteiger partial charge in [0.15, 0.2) is 5.78 Å². The smallest absolute Gasteiger partial charge is 0.400 e. The summed E-state index contributed by atoms with van der Waals surface area (Å²) in [7, 11) is 0. The molecule has 0 heterocycles. The van der Waals surface area contributed by atoms with E-state index < -0.39 is 42.1 Å². The fourth-order valence-electron chi connectivity index (χ4n) is 5.41.